The first-order valence-corrected chi connectivity index (χ1v) is 10.3. The molecule has 3 rings (SSSR count). The van der Waals surface area contributed by atoms with Crippen LogP contribution >= 0.6 is 11.3 Å². The van der Waals surface area contributed by atoms with Crippen LogP contribution in [-0.4, -0.2) is 33.8 Å². The zero-order valence-corrected chi connectivity index (χ0v) is 18.6. The van der Waals surface area contributed by atoms with Crippen LogP contribution in [0.3, 0.4) is 0 Å². The summed E-state index contributed by atoms with van der Waals surface area (Å²) in [7, 11) is 1.34. The van der Waals surface area contributed by atoms with Gasteiger partial charge in [0.1, 0.15) is 5.00 Å². The van der Waals surface area contributed by atoms with Crippen LogP contribution < -0.4 is 5.32 Å². The van der Waals surface area contributed by atoms with Crippen LogP contribution in [0.15, 0.2) is 12.3 Å². The van der Waals surface area contributed by atoms with Gasteiger partial charge in [0.05, 0.1) is 29.8 Å². The van der Waals surface area contributed by atoms with Gasteiger partial charge in [0.2, 0.25) is 0 Å². The average molecular weight is 415 g/mol. The number of rotatable bonds is 5. The third-order valence-electron chi connectivity index (χ3n) is 4.91. The standard InChI is InChI=1S/C21H26N4O3S/c1-10(2)16-8-14(15-9-22-25(11(3)4)18(15)23-16)19(26)24-20-17(21(27)28-7)12(5)13(6)29-20/h8-11H,1-7H3,(H,24,26). The van der Waals surface area contributed by atoms with Crippen molar-refractivity contribution in [3.8, 4) is 0 Å². The van der Waals surface area contributed by atoms with Crippen LogP contribution in [-0.2, 0) is 4.74 Å². The molecule has 3 heterocycles. The molecule has 7 nitrogen and oxygen atoms in total. The summed E-state index contributed by atoms with van der Waals surface area (Å²) in [6.45, 7) is 11.9. The Labute approximate surface area is 174 Å². The quantitative estimate of drug-likeness (QED) is 0.603. The molecule has 0 radical (unpaired) electrons. The zero-order chi connectivity index (χ0) is 21.5. The number of nitrogens with one attached hydrogen (secondary N) is 1. The number of hydrogen-bond donors (Lipinski definition) is 1. The van der Waals surface area contributed by atoms with E-state index in [1.54, 1.807) is 12.3 Å². The Balaban J connectivity index is 2.11. The maximum atomic E-state index is 13.2. The summed E-state index contributed by atoms with van der Waals surface area (Å²) in [5.41, 5.74) is 3.20. The van der Waals surface area contributed by atoms with Crippen LogP contribution in [0.4, 0.5) is 5.00 Å². The number of anilines is 1. The molecular formula is C21H26N4O3S. The van der Waals surface area contributed by atoms with E-state index >= 15 is 0 Å². The van der Waals surface area contributed by atoms with Gasteiger partial charge in [0, 0.05) is 16.6 Å². The van der Waals surface area contributed by atoms with Crippen LogP contribution in [0.2, 0.25) is 0 Å². The number of carbonyl (C=O) groups is 2. The molecule has 0 saturated carbocycles. The lowest BCUT2D eigenvalue weighted by molar-refractivity contribution is 0.0601. The number of esters is 1. The summed E-state index contributed by atoms with van der Waals surface area (Å²) in [5, 5.41) is 8.52. The van der Waals surface area contributed by atoms with Crippen LogP contribution in [0.25, 0.3) is 11.0 Å². The number of aryl methyl sites for hydroxylation is 1. The third-order valence-corrected chi connectivity index (χ3v) is 6.04. The number of methoxy groups -OCH3 is 1. The van der Waals surface area contributed by atoms with Crippen molar-refractivity contribution >= 4 is 39.2 Å². The molecule has 0 unspecified atom stereocenters. The minimum atomic E-state index is -0.461. The average Bonchev–Trinajstić information content (AvgIpc) is 3.21. The molecule has 0 saturated heterocycles. The molecule has 0 bridgehead atoms. The molecule has 1 N–H and O–H groups in total. The lowest BCUT2D eigenvalue weighted by Gasteiger charge is -2.12. The van der Waals surface area contributed by atoms with Crippen molar-refractivity contribution in [2.24, 2.45) is 0 Å². The fraction of sp³-hybridized carbons (Fsp3) is 0.429. The van der Waals surface area contributed by atoms with Gasteiger partial charge in [-0.2, -0.15) is 5.10 Å². The molecule has 1 amide bonds. The number of hydrogen-bond acceptors (Lipinski definition) is 6. The Kier molecular flexibility index (Phi) is 5.75. The maximum Gasteiger partial charge on any atom is 0.341 e. The van der Waals surface area contributed by atoms with Gasteiger partial charge in [-0.25, -0.2) is 14.5 Å². The second-order valence-corrected chi connectivity index (χ2v) is 8.83. The van der Waals surface area contributed by atoms with Gasteiger partial charge >= 0.3 is 5.97 Å². The third kappa shape index (κ3) is 3.76. The molecule has 0 spiro atoms. The van der Waals surface area contributed by atoms with Gasteiger partial charge in [-0.15, -0.1) is 11.3 Å². The van der Waals surface area contributed by atoms with Gasteiger partial charge in [0.25, 0.3) is 5.91 Å². The summed E-state index contributed by atoms with van der Waals surface area (Å²) in [6, 6.07) is 1.92. The van der Waals surface area contributed by atoms with Crippen molar-refractivity contribution in [1.82, 2.24) is 14.8 Å². The minimum absolute atomic E-state index is 0.117. The lowest BCUT2D eigenvalue weighted by Crippen LogP contribution is -2.16. The van der Waals surface area contributed by atoms with E-state index < -0.39 is 5.97 Å². The monoisotopic (exact) mass is 414 g/mol. The van der Waals surface area contributed by atoms with Gasteiger partial charge in [0.15, 0.2) is 5.65 Å². The fourth-order valence-corrected chi connectivity index (χ4v) is 4.18. The molecular weight excluding hydrogens is 388 g/mol. The number of carbonyl (C=O) groups excluding carboxylic acids is 2. The maximum absolute atomic E-state index is 13.2. The topological polar surface area (TPSA) is 86.1 Å². The van der Waals surface area contributed by atoms with Crippen LogP contribution in [0.5, 0.6) is 0 Å². The van der Waals surface area contributed by atoms with E-state index in [1.807, 2.05) is 46.2 Å². The summed E-state index contributed by atoms with van der Waals surface area (Å²) in [6.07, 6.45) is 1.67. The first-order valence-electron chi connectivity index (χ1n) is 9.53. The van der Waals surface area contributed by atoms with E-state index in [9.17, 15) is 9.59 Å². The van der Waals surface area contributed by atoms with Gasteiger partial charge in [-0.1, -0.05) is 13.8 Å². The molecule has 0 aliphatic rings. The number of fused-ring (bicyclic) bond motifs is 1. The zero-order valence-electron chi connectivity index (χ0n) is 17.8. The molecule has 0 aliphatic carbocycles. The Morgan fingerprint density at radius 3 is 2.48 bits per heavy atom. The predicted molar refractivity (Wildman–Crippen MR) is 115 cm³/mol. The molecule has 0 atom stereocenters. The summed E-state index contributed by atoms with van der Waals surface area (Å²) < 4.78 is 6.72. The number of amides is 1. The Bertz CT molecular complexity index is 1100. The summed E-state index contributed by atoms with van der Waals surface area (Å²) in [5.74, 6) is -0.607. The number of nitrogens with zero attached hydrogens (tertiary/aromatic N) is 3. The molecule has 29 heavy (non-hydrogen) atoms. The summed E-state index contributed by atoms with van der Waals surface area (Å²) in [4.78, 5) is 31.2. The first-order chi connectivity index (χ1) is 13.6. The largest absolute Gasteiger partial charge is 0.465 e. The smallest absolute Gasteiger partial charge is 0.341 e. The normalized spacial score (nSPS) is 11.5. The number of thiophene rings is 1. The molecule has 154 valence electrons. The SMILES string of the molecule is COC(=O)c1c(NC(=O)c2cc(C(C)C)nc3c2cnn3C(C)C)sc(C)c1C. The van der Waals surface area contributed by atoms with E-state index in [0.717, 1.165) is 16.1 Å². The van der Waals surface area contributed by atoms with Gasteiger partial charge in [-0.05, 0) is 45.2 Å². The Morgan fingerprint density at radius 2 is 1.90 bits per heavy atom. The number of pyridine rings is 1. The molecule has 3 aromatic rings. The molecule has 0 aliphatic heterocycles. The van der Waals surface area contributed by atoms with E-state index in [1.165, 1.54) is 18.4 Å². The molecule has 8 heteroatoms. The van der Waals surface area contributed by atoms with Crippen molar-refractivity contribution in [3.05, 3.63) is 39.5 Å². The first kappa shape index (κ1) is 21.0. The highest BCUT2D eigenvalue weighted by molar-refractivity contribution is 7.16. The van der Waals surface area contributed by atoms with Gasteiger partial charge in [-0.3, -0.25) is 4.79 Å². The van der Waals surface area contributed by atoms with E-state index in [4.69, 9.17) is 9.72 Å². The fourth-order valence-electron chi connectivity index (χ4n) is 3.13. The number of ether oxygens (including phenoxy) is 1. The highest BCUT2D eigenvalue weighted by Crippen LogP contribution is 2.34. The lowest BCUT2D eigenvalue weighted by atomic mass is 10.0. The number of aromatic nitrogens is 3. The van der Waals surface area contributed by atoms with Crippen LogP contribution in [0.1, 0.15) is 76.5 Å². The van der Waals surface area contributed by atoms with Crippen molar-refractivity contribution in [1.29, 1.82) is 0 Å². The highest BCUT2D eigenvalue weighted by Gasteiger charge is 2.24. The molecule has 3 aromatic heterocycles. The van der Waals surface area contributed by atoms with E-state index in [0.29, 0.717) is 27.2 Å². The Morgan fingerprint density at radius 1 is 1.21 bits per heavy atom. The summed E-state index contributed by atoms with van der Waals surface area (Å²) >= 11 is 1.36. The van der Waals surface area contributed by atoms with Crippen molar-refractivity contribution in [2.45, 2.75) is 53.5 Å². The van der Waals surface area contributed by atoms with Crippen molar-refractivity contribution in [3.63, 3.8) is 0 Å². The van der Waals surface area contributed by atoms with Crippen molar-refractivity contribution < 1.29 is 14.3 Å². The van der Waals surface area contributed by atoms with E-state index in [-0.39, 0.29) is 17.9 Å². The highest BCUT2D eigenvalue weighted by atomic mass is 32.1. The minimum Gasteiger partial charge on any atom is -0.465 e. The second-order valence-electron chi connectivity index (χ2n) is 7.60. The van der Waals surface area contributed by atoms with Crippen LogP contribution in [0, 0.1) is 13.8 Å². The van der Waals surface area contributed by atoms with Crippen molar-refractivity contribution in [2.75, 3.05) is 12.4 Å². The second kappa shape index (κ2) is 7.94. The molecule has 0 aromatic carbocycles. The van der Waals surface area contributed by atoms with E-state index in [2.05, 4.69) is 10.4 Å². The predicted octanol–water partition coefficient (Wildman–Crippen LogP) is 4.85. The Hall–Kier alpha value is -2.74. The molecule has 0 fully saturated rings. The van der Waals surface area contributed by atoms with Gasteiger partial charge < -0.3 is 10.1 Å².